The lowest BCUT2D eigenvalue weighted by molar-refractivity contribution is -0.131. The van der Waals surface area contributed by atoms with E-state index in [4.69, 9.17) is 0 Å². The van der Waals surface area contributed by atoms with Crippen LogP contribution in [0.3, 0.4) is 0 Å². The Balaban J connectivity index is 1.85. The molecule has 2 fully saturated rings. The standard InChI is InChI=1S/C17H24N2O/c1-12(2)7-10-19-15(14-6-4-5-13(3)11-14)18-17(8-9-17)16(19)20/h4-6,11-12,15,18H,7-10H2,1-3H3. The van der Waals surface area contributed by atoms with Crippen LogP contribution < -0.4 is 5.32 Å². The molecule has 0 bridgehead atoms. The molecule has 3 heteroatoms. The Labute approximate surface area is 121 Å². The van der Waals surface area contributed by atoms with Gasteiger partial charge in [-0.3, -0.25) is 10.1 Å². The molecular weight excluding hydrogens is 248 g/mol. The van der Waals surface area contributed by atoms with E-state index < -0.39 is 0 Å². The average Bonchev–Trinajstić information content (AvgIpc) is 3.12. The van der Waals surface area contributed by atoms with Gasteiger partial charge in [0.15, 0.2) is 0 Å². The number of nitrogens with one attached hydrogen (secondary N) is 1. The van der Waals surface area contributed by atoms with Crippen molar-refractivity contribution >= 4 is 5.91 Å². The summed E-state index contributed by atoms with van der Waals surface area (Å²) in [7, 11) is 0. The van der Waals surface area contributed by atoms with Gasteiger partial charge in [0, 0.05) is 6.54 Å². The monoisotopic (exact) mass is 272 g/mol. The largest absolute Gasteiger partial charge is 0.321 e. The summed E-state index contributed by atoms with van der Waals surface area (Å²) in [6.07, 6.45) is 3.11. The molecule has 1 aromatic rings. The van der Waals surface area contributed by atoms with E-state index in [2.05, 4.69) is 55.3 Å². The van der Waals surface area contributed by atoms with Crippen LogP contribution in [-0.4, -0.2) is 22.9 Å². The number of hydrogen-bond acceptors (Lipinski definition) is 2. The Hall–Kier alpha value is -1.35. The van der Waals surface area contributed by atoms with E-state index in [0.29, 0.717) is 11.8 Å². The van der Waals surface area contributed by atoms with Gasteiger partial charge in [0.05, 0.1) is 0 Å². The van der Waals surface area contributed by atoms with Gasteiger partial charge < -0.3 is 4.90 Å². The number of carbonyl (C=O) groups excluding carboxylic acids is 1. The van der Waals surface area contributed by atoms with Crippen LogP contribution in [0.2, 0.25) is 0 Å². The summed E-state index contributed by atoms with van der Waals surface area (Å²) < 4.78 is 0. The van der Waals surface area contributed by atoms with Crippen LogP contribution in [0.15, 0.2) is 24.3 Å². The van der Waals surface area contributed by atoms with E-state index in [9.17, 15) is 4.79 Å². The summed E-state index contributed by atoms with van der Waals surface area (Å²) >= 11 is 0. The molecule has 2 aliphatic rings. The third-order valence-electron chi connectivity index (χ3n) is 4.45. The normalized spacial score (nSPS) is 23.9. The Morgan fingerprint density at radius 1 is 1.40 bits per heavy atom. The minimum Gasteiger partial charge on any atom is -0.321 e. The topological polar surface area (TPSA) is 32.3 Å². The van der Waals surface area contributed by atoms with Crippen molar-refractivity contribution in [2.45, 2.75) is 51.7 Å². The molecule has 1 unspecified atom stereocenters. The lowest BCUT2D eigenvalue weighted by Crippen LogP contribution is -2.33. The lowest BCUT2D eigenvalue weighted by atomic mass is 10.1. The molecule has 0 radical (unpaired) electrons. The number of amides is 1. The number of nitrogens with zero attached hydrogens (tertiary/aromatic N) is 1. The number of carbonyl (C=O) groups is 1. The quantitative estimate of drug-likeness (QED) is 0.914. The van der Waals surface area contributed by atoms with E-state index in [1.165, 1.54) is 11.1 Å². The number of rotatable bonds is 4. The molecule has 1 aromatic carbocycles. The average molecular weight is 272 g/mol. The van der Waals surface area contributed by atoms with Crippen molar-refractivity contribution in [3.05, 3.63) is 35.4 Å². The van der Waals surface area contributed by atoms with Crippen molar-refractivity contribution in [2.75, 3.05) is 6.54 Å². The van der Waals surface area contributed by atoms with Gasteiger partial charge in [0.1, 0.15) is 11.7 Å². The first kappa shape index (κ1) is 13.6. The second kappa shape index (κ2) is 4.88. The number of aryl methyl sites for hydroxylation is 1. The third-order valence-corrected chi connectivity index (χ3v) is 4.45. The molecule has 1 heterocycles. The molecule has 3 rings (SSSR count). The maximum absolute atomic E-state index is 12.6. The SMILES string of the molecule is Cc1cccc(C2NC3(CC3)C(=O)N2CCC(C)C)c1. The minimum atomic E-state index is -0.231. The van der Waals surface area contributed by atoms with Crippen LogP contribution in [0.25, 0.3) is 0 Å². The first-order chi connectivity index (χ1) is 9.52. The molecule has 3 nitrogen and oxygen atoms in total. The molecule has 1 atom stereocenters. The lowest BCUT2D eigenvalue weighted by Gasteiger charge is -2.25. The van der Waals surface area contributed by atoms with Gasteiger partial charge in [-0.25, -0.2) is 0 Å². The van der Waals surface area contributed by atoms with Gasteiger partial charge in [0.2, 0.25) is 5.91 Å². The fraction of sp³-hybridized carbons (Fsp3) is 0.588. The molecule has 0 aromatic heterocycles. The number of hydrogen-bond donors (Lipinski definition) is 1. The first-order valence-corrected chi connectivity index (χ1v) is 7.67. The van der Waals surface area contributed by atoms with Crippen molar-refractivity contribution < 1.29 is 4.79 Å². The van der Waals surface area contributed by atoms with Gasteiger partial charge in [-0.1, -0.05) is 43.7 Å². The second-order valence-electron chi connectivity index (χ2n) is 6.72. The minimum absolute atomic E-state index is 0.0589. The summed E-state index contributed by atoms with van der Waals surface area (Å²) in [4.78, 5) is 14.7. The van der Waals surface area contributed by atoms with Crippen molar-refractivity contribution in [2.24, 2.45) is 5.92 Å². The van der Waals surface area contributed by atoms with Crippen molar-refractivity contribution in [3.8, 4) is 0 Å². The van der Waals surface area contributed by atoms with Gasteiger partial charge in [0.25, 0.3) is 0 Å². The predicted octanol–water partition coefficient (Wildman–Crippen LogP) is 3.00. The summed E-state index contributed by atoms with van der Waals surface area (Å²) in [5.74, 6) is 0.932. The maximum atomic E-state index is 12.6. The first-order valence-electron chi connectivity index (χ1n) is 7.67. The smallest absolute Gasteiger partial charge is 0.244 e. The van der Waals surface area contributed by atoms with E-state index in [1.807, 2.05) is 0 Å². The Kier molecular flexibility index (Phi) is 3.33. The predicted molar refractivity (Wildman–Crippen MR) is 80.2 cm³/mol. The van der Waals surface area contributed by atoms with E-state index in [-0.39, 0.29) is 11.7 Å². The van der Waals surface area contributed by atoms with E-state index in [1.54, 1.807) is 0 Å². The van der Waals surface area contributed by atoms with Crippen LogP contribution in [0.4, 0.5) is 0 Å². The Morgan fingerprint density at radius 3 is 2.75 bits per heavy atom. The molecule has 1 amide bonds. The van der Waals surface area contributed by atoms with Crippen LogP contribution >= 0.6 is 0 Å². The van der Waals surface area contributed by atoms with Crippen LogP contribution in [0.5, 0.6) is 0 Å². The molecule has 1 saturated heterocycles. The van der Waals surface area contributed by atoms with Gasteiger partial charge in [-0.05, 0) is 37.7 Å². The number of benzene rings is 1. The third kappa shape index (κ3) is 2.35. The Morgan fingerprint density at radius 2 is 2.15 bits per heavy atom. The Bertz CT molecular complexity index is 519. The van der Waals surface area contributed by atoms with Gasteiger partial charge >= 0.3 is 0 Å². The highest BCUT2D eigenvalue weighted by Crippen LogP contribution is 2.46. The summed E-state index contributed by atoms with van der Waals surface area (Å²) in [5.41, 5.74) is 2.23. The van der Waals surface area contributed by atoms with Crippen LogP contribution in [-0.2, 0) is 4.79 Å². The fourth-order valence-corrected chi connectivity index (χ4v) is 3.01. The van der Waals surface area contributed by atoms with Crippen molar-refractivity contribution in [1.82, 2.24) is 10.2 Å². The van der Waals surface area contributed by atoms with E-state index >= 15 is 0 Å². The molecule has 1 aliphatic carbocycles. The highest BCUT2D eigenvalue weighted by Gasteiger charge is 2.59. The highest BCUT2D eigenvalue weighted by molar-refractivity contribution is 5.92. The van der Waals surface area contributed by atoms with Crippen LogP contribution in [0.1, 0.15) is 50.4 Å². The molecule has 20 heavy (non-hydrogen) atoms. The second-order valence-corrected chi connectivity index (χ2v) is 6.72. The maximum Gasteiger partial charge on any atom is 0.244 e. The zero-order valence-corrected chi connectivity index (χ0v) is 12.6. The zero-order valence-electron chi connectivity index (χ0n) is 12.6. The summed E-state index contributed by atoms with van der Waals surface area (Å²) in [5, 5.41) is 3.58. The summed E-state index contributed by atoms with van der Waals surface area (Å²) in [6.45, 7) is 7.38. The highest BCUT2D eigenvalue weighted by atomic mass is 16.2. The van der Waals surface area contributed by atoms with E-state index in [0.717, 1.165) is 25.8 Å². The zero-order chi connectivity index (χ0) is 14.3. The van der Waals surface area contributed by atoms with Crippen LogP contribution in [0, 0.1) is 12.8 Å². The van der Waals surface area contributed by atoms with Gasteiger partial charge in [-0.2, -0.15) is 0 Å². The molecule has 1 saturated carbocycles. The molecule has 1 N–H and O–H groups in total. The summed E-state index contributed by atoms with van der Waals surface area (Å²) in [6, 6.07) is 8.50. The van der Waals surface area contributed by atoms with Crippen molar-refractivity contribution in [1.29, 1.82) is 0 Å². The molecule has 108 valence electrons. The molecular formula is C17H24N2O. The molecule has 1 aliphatic heterocycles. The van der Waals surface area contributed by atoms with Gasteiger partial charge in [-0.15, -0.1) is 0 Å². The van der Waals surface area contributed by atoms with Crippen molar-refractivity contribution in [3.63, 3.8) is 0 Å². The fourth-order valence-electron chi connectivity index (χ4n) is 3.01. The molecule has 1 spiro atoms.